The molecule has 1 amide bonds. The first-order valence-electron chi connectivity index (χ1n) is 7.74. The van der Waals surface area contributed by atoms with E-state index in [1.165, 1.54) is 20.0 Å². The van der Waals surface area contributed by atoms with Crippen molar-refractivity contribution in [2.45, 2.75) is 38.3 Å². The van der Waals surface area contributed by atoms with Crippen LogP contribution in [-0.2, 0) is 19.1 Å². The fraction of sp³-hybridized carbons (Fsp3) is 0.529. The van der Waals surface area contributed by atoms with Crippen LogP contribution in [0.1, 0.15) is 37.8 Å². The summed E-state index contributed by atoms with van der Waals surface area (Å²) >= 11 is 3.37. The highest BCUT2D eigenvalue weighted by atomic mass is 79.9. The summed E-state index contributed by atoms with van der Waals surface area (Å²) in [6.45, 7) is 2.35. The van der Waals surface area contributed by atoms with E-state index in [0.717, 1.165) is 10.0 Å². The number of carbonyl (C=O) groups is 2. The fourth-order valence-electron chi connectivity index (χ4n) is 2.13. The highest BCUT2D eigenvalue weighted by Gasteiger charge is 2.26. The zero-order valence-electron chi connectivity index (χ0n) is 13.4. The molecule has 0 heterocycles. The molecule has 1 aromatic carbocycles. The molecule has 1 aliphatic rings. The second kappa shape index (κ2) is 8.45. The Morgan fingerprint density at radius 3 is 2.52 bits per heavy atom. The molecule has 23 heavy (non-hydrogen) atoms. The number of benzene rings is 1. The lowest BCUT2D eigenvalue weighted by Crippen LogP contribution is -2.38. The number of hydrogen-bond acceptors (Lipinski definition) is 4. The van der Waals surface area contributed by atoms with Crippen LogP contribution in [0.5, 0.6) is 0 Å². The van der Waals surface area contributed by atoms with Gasteiger partial charge in [0.05, 0.1) is 26.2 Å². The zero-order valence-corrected chi connectivity index (χ0v) is 15.0. The first kappa shape index (κ1) is 17.9. The number of ether oxygens (including phenoxy) is 2. The monoisotopic (exact) mass is 383 g/mol. The fourth-order valence-corrected chi connectivity index (χ4v) is 2.39. The van der Waals surface area contributed by atoms with Crippen molar-refractivity contribution in [2.24, 2.45) is 5.92 Å². The van der Waals surface area contributed by atoms with Crippen LogP contribution in [0.4, 0.5) is 0 Å². The van der Waals surface area contributed by atoms with Gasteiger partial charge in [-0.15, -0.1) is 0 Å². The number of esters is 1. The molecule has 2 atom stereocenters. The maximum atomic E-state index is 12.3. The summed E-state index contributed by atoms with van der Waals surface area (Å²) in [4.78, 5) is 23.9. The van der Waals surface area contributed by atoms with Gasteiger partial charge in [-0.25, -0.2) is 0 Å². The van der Waals surface area contributed by atoms with E-state index in [0.29, 0.717) is 12.5 Å². The average Bonchev–Trinajstić information content (AvgIpc) is 3.36. The number of carbonyl (C=O) groups excluding carboxylic acids is 2. The average molecular weight is 384 g/mol. The number of nitrogens with one attached hydrogen (secondary N) is 1. The van der Waals surface area contributed by atoms with Crippen LogP contribution in [0.2, 0.25) is 0 Å². The molecule has 1 N–H and O–H groups in total. The van der Waals surface area contributed by atoms with E-state index in [1.807, 2.05) is 24.3 Å². The third-order valence-electron chi connectivity index (χ3n) is 3.84. The van der Waals surface area contributed by atoms with E-state index in [1.54, 1.807) is 6.92 Å². The van der Waals surface area contributed by atoms with Crippen molar-refractivity contribution in [1.29, 1.82) is 0 Å². The van der Waals surface area contributed by atoms with Crippen LogP contribution in [0.25, 0.3) is 0 Å². The van der Waals surface area contributed by atoms with Gasteiger partial charge in [-0.3, -0.25) is 9.59 Å². The first-order valence-corrected chi connectivity index (χ1v) is 8.53. The Hall–Kier alpha value is -1.40. The summed E-state index contributed by atoms with van der Waals surface area (Å²) in [5, 5.41) is 2.88. The van der Waals surface area contributed by atoms with Crippen LogP contribution in [0.3, 0.4) is 0 Å². The molecule has 126 valence electrons. The summed E-state index contributed by atoms with van der Waals surface area (Å²) in [5.74, 6) is 0.00910. The maximum absolute atomic E-state index is 12.3. The minimum absolute atomic E-state index is 0.0826. The highest BCUT2D eigenvalue weighted by Crippen LogP contribution is 2.29. The Morgan fingerprint density at radius 2 is 1.96 bits per heavy atom. The molecule has 0 bridgehead atoms. The molecule has 1 aliphatic carbocycles. The van der Waals surface area contributed by atoms with Crippen molar-refractivity contribution in [2.75, 3.05) is 13.7 Å². The van der Waals surface area contributed by atoms with E-state index in [9.17, 15) is 9.59 Å². The summed E-state index contributed by atoms with van der Waals surface area (Å²) in [6, 6.07) is 7.05. The van der Waals surface area contributed by atoms with Crippen LogP contribution < -0.4 is 5.32 Å². The zero-order chi connectivity index (χ0) is 16.8. The quantitative estimate of drug-likeness (QED) is 0.700. The second-order valence-corrected chi connectivity index (χ2v) is 6.73. The molecule has 1 fully saturated rings. The van der Waals surface area contributed by atoms with Crippen LogP contribution >= 0.6 is 15.9 Å². The van der Waals surface area contributed by atoms with Crippen molar-refractivity contribution in [3.63, 3.8) is 0 Å². The van der Waals surface area contributed by atoms with Crippen molar-refractivity contribution < 1.29 is 19.1 Å². The van der Waals surface area contributed by atoms with Gasteiger partial charge in [0.25, 0.3) is 0 Å². The summed E-state index contributed by atoms with van der Waals surface area (Å²) in [5.41, 5.74) is 0.848. The van der Waals surface area contributed by atoms with Gasteiger partial charge in [0.2, 0.25) is 5.91 Å². The van der Waals surface area contributed by atoms with E-state index in [2.05, 4.69) is 21.2 Å². The number of rotatable bonds is 8. The summed E-state index contributed by atoms with van der Waals surface area (Å²) < 4.78 is 11.2. The lowest BCUT2D eigenvalue weighted by Gasteiger charge is -2.21. The Kier molecular flexibility index (Phi) is 6.59. The summed E-state index contributed by atoms with van der Waals surface area (Å²) in [6.07, 6.45) is 1.90. The molecule has 0 saturated heterocycles. The van der Waals surface area contributed by atoms with E-state index in [-0.39, 0.29) is 18.3 Å². The van der Waals surface area contributed by atoms with Gasteiger partial charge in [-0.2, -0.15) is 0 Å². The van der Waals surface area contributed by atoms with Gasteiger partial charge in [0.15, 0.2) is 0 Å². The third kappa shape index (κ3) is 5.95. The van der Waals surface area contributed by atoms with Gasteiger partial charge in [-0.05, 0) is 43.4 Å². The van der Waals surface area contributed by atoms with Crippen molar-refractivity contribution >= 4 is 27.8 Å². The molecule has 0 radical (unpaired) electrons. The topological polar surface area (TPSA) is 64.6 Å². The van der Waals surface area contributed by atoms with Crippen LogP contribution in [0.15, 0.2) is 28.7 Å². The Labute approximate surface area is 144 Å². The maximum Gasteiger partial charge on any atom is 0.307 e. The summed E-state index contributed by atoms with van der Waals surface area (Å²) in [7, 11) is 1.34. The van der Waals surface area contributed by atoms with E-state index < -0.39 is 12.1 Å². The molecule has 0 aliphatic heterocycles. The Morgan fingerprint density at radius 1 is 1.30 bits per heavy atom. The SMILES string of the molecule is COC(=O)CC(NC(=O)C(C)OCC1CC1)c1ccc(Br)cc1. The third-order valence-corrected chi connectivity index (χ3v) is 4.36. The van der Waals surface area contributed by atoms with Gasteiger partial charge in [-0.1, -0.05) is 28.1 Å². The largest absolute Gasteiger partial charge is 0.469 e. The molecule has 1 aromatic rings. The lowest BCUT2D eigenvalue weighted by molar-refractivity contribution is -0.141. The predicted octanol–water partition coefficient (Wildman–Crippen LogP) is 2.98. The van der Waals surface area contributed by atoms with Gasteiger partial charge >= 0.3 is 5.97 Å². The smallest absolute Gasteiger partial charge is 0.307 e. The Bertz CT molecular complexity index is 542. The van der Waals surface area contributed by atoms with Crippen molar-refractivity contribution in [3.8, 4) is 0 Å². The molecule has 2 rings (SSSR count). The molecule has 0 aromatic heterocycles. The molecule has 5 nitrogen and oxygen atoms in total. The number of hydrogen-bond donors (Lipinski definition) is 1. The number of amides is 1. The molecule has 2 unspecified atom stereocenters. The molecule has 0 spiro atoms. The standard InChI is InChI=1S/C17H22BrNO4/c1-11(23-10-12-3-4-12)17(21)19-15(9-16(20)22-2)13-5-7-14(18)8-6-13/h5-8,11-12,15H,3-4,9-10H2,1-2H3,(H,19,21). The lowest BCUT2D eigenvalue weighted by atomic mass is 10.0. The van der Waals surface area contributed by atoms with Crippen LogP contribution in [0, 0.1) is 5.92 Å². The van der Waals surface area contributed by atoms with Crippen molar-refractivity contribution in [3.05, 3.63) is 34.3 Å². The molecule has 1 saturated carbocycles. The predicted molar refractivity (Wildman–Crippen MR) is 89.8 cm³/mol. The van der Waals surface area contributed by atoms with Crippen molar-refractivity contribution in [1.82, 2.24) is 5.32 Å². The van der Waals surface area contributed by atoms with E-state index >= 15 is 0 Å². The minimum atomic E-state index is -0.536. The molecular weight excluding hydrogens is 362 g/mol. The first-order chi connectivity index (χ1) is 11.0. The second-order valence-electron chi connectivity index (χ2n) is 5.81. The number of halogens is 1. The Balaban J connectivity index is 1.98. The van der Waals surface area contributed by atoms with Crippen LogP contribution in [-0.4, -0.2) is 31.7 Å². The van der Waals surface area contributed by atoms with Gasteiger partial charge < -0.3 is 14.8 Å². The minimum Gasteiger partial charge on any atom is -0.469 e. The highest BCUT2D eigenvalue weighted by molar-refractivity contribution is 9.10. The normalized spacial score (nSPS) is 16.5. The van der Waals surface area contributed by atoms with Gasteiger partial charge in [0.1, 0.15) is 6.10 Å². The molecule has 6 heteroatoms. The molecular formula is C17H22BrNO4. The number of methoxy groups -OCH3 is 1. The van der Waals surface area contributed by atoms with Gasteiger partial charge in [0, 0.05) is 4.47 Å². The van der Waals surface area contributed by atoms with E-state index in [4.69, 9.17) is 9.47 Å².